The summed E-state index contributed by atoms with van der Waals surface area (Å²) in [5.74, 6) is 1.26. The molecule has 3 nitrogen and oxygen atoms in total. The maximum atomic E-state index is 12.5. The van der Waals surface area contributed by atoms with Crippen molar-refractivity contribution in [2.75, 3.05) is 13.1 Å². The summed E-state index contributed by atoms with van der Waals surface area (Å²) in [6.07, 6.45) is 5.92. The summed E-state index contributed by atoms with van der Waals surface area (Å²) < 4.78 is 0. The highest BCUT2D eigenvalue weighted by Crippen LogP contribution is 2.40. The van der Waals surface area contributed by atoms with Gasteiger partial charge in [-0.25, -0.2) is 0 Å². The van der Waals surface area contributed by atoms with E-state index in [0.717, 1.165) is 38.1 Å². The smallest absolute Gasteiger partial charge is 0.225 e. The minimum absolute atomic E-state index is 0.212. The second-order valence-corrected chi connectivity index (χ2v) is 7.49. The highest BCUT2D eigenvalue weighted by molar-refractivity contribution is 5.79. The molecule has 0 unspecified atom stereocenters. The van der Waals surface area contributed by atoms with Gasteiger partial charge >= 0.3 is 0 Å². The van der Waals surface area contributed by atoms with Crippen LogP contribution in [0, 0.1) is 17.3 Å². The molecular weight excluding hydrogens is 238 g/mol. The molecule has 2 aliphatic rings. The van der Waals surface area contributed by atoms with Crippen molar-refractivity contribution in [1.82, 2.24) is 4.90 Å². The number of aliphatic hydroxyl groups is 1. The van der Waals surface area contributed by atoms with E-state index in [2.05, 4.69) is 20.8 Å². The van der Waals surface area contributed by atoms with Crippen molar-refractivity contribution in [3.8, 4) is 0 Å². The van der Waals surface area contributed by atoms with Crippen LogP contribution in [0.3, 0.4) is 0 Å². The predicted molar refractivity (Wildman–Crippen MR) is 76.7 cm³/mol. The number of piperidine rings is 1. The van der Waals surface area contributed by atoms with Crippen LogP contribution >= 0.6 is 0 Å². The zero-order valence-corrected chi connectivity index (χ0v) is 12.7. The molecule has 1 saturated carbocycles. The average Bonchev–Trinajstić information content (AvgIpc) is 2.37. The lowest BCUT2D eigenvalue weighted by molar-refractivity contribution is -0.140. The first-order valence-electron chi connectivity index (χ1n) is 7.85. The van der Waals surface area contributed by atoms with E-state index in [1.807, 2.05) is 4.90 Å². The summed E-state index contributed by atoms with van der Waals surface area (Å²) >= 11 is 0. The van der Waals surface area contributed by atoms with E-state index in [1.165, 1.54) is 12.8 Å². The lowest BCUT2D eigenvalue weighted by Crippen LogP contribution is -2.45. The number of carbonyl (C=O) groups excluding carboxylic acids is 1. The topological polar surface area (TPSA) is 40.5 Å². The van der Waals surface area contributed by atoms with Gasteiger partial charge in [-0.3, -0.25) is 4.79 Å². The number of likely N-dealkylation sites (tertiary alicyclic amines) is 1. The van der Waals surface area contributed by atoms with Crippen molar-refractivity contribution in [3.63, 3.8) is 0 Å². The molecule has 3 heteroatoms. The molecule has 0 aromatic heterocycles. The Kier molecular flexibility index (Phi) is 4.54. The number of β-amino-alcohol motifs (C(OH)–C–C–N with tert-alkyl or cyclic N) is 1. The van der Waals surface area contributed by atoms with Gasteiger partial charge in [-0.05, 0) is 49.9 Å². The Balaban J connectivity index is 1.85. The van der Waals surface area contributed by atoms with E-state index in [9.17, 15) is 9.90 Å². The van der Waals surface area contributed by atoms with Crippen LogP contribution < -0.4 is 0 Å². The van der Waals surface area contributed by atoms with Crippen LogP contribution in [0.2, 0.25) is 0 Å². The molecule has 1 aliphatic carbocycles. The number of hydrogen-bond donors (Lipinski definition) is 1. The van der Waals surface area contributed by atoms with Crippen molar-refractivity contribution in [2.45, 2.75) is 65.4 Å². The van der Waals surface area contributed by atoms with Crippen molar-refractivity contribution < 1.29 is 9.90 Å². The molecule has 2 rings (SSSR count). The zero-order valence-electron chi connectivity index (χ0n) is 12.7. The van der Waals surface area contributed by atoms with E-state index in [0.29, 0.717) is 17.9 Å². The van der Waals surface area contributed by atoms with Crippen molar-refractivity contribution in [1.29, 1.82) is 0 Å². The van der Waals surface area contributed by atoms with Crippen molar-refractivity contribution in [3.05, 3.63) is 0 Å². The Labute approximate surface area is 117 Å². The molecule has 1 N–H and O–H groups in total. The summed E-state index contributed by atoms with van der Waals surface area (Å²) in [6.45, 7) is 8.32. The van der Waals surface area contributed by atoms with Crippen LogP contribution in [0.4, 0.5) is 0 Å². The van der Waals surface area contributed by atoms with Gasteiger partial charge in [0.15, 0.2) is 0 Å². The number of aliphatic hydroxyl groups excluding tert-OH is 1. The quantitative estimate of drug-likeness (QED) is 0.793. The second-order valence-electron chi connectivity index (χ2n) is 7.49. The van der Waals surface area contributed by atoms with Gasteiger partial charge in [0.1, 0.15) is 0 Å². The van der Waals surface area contributed by atoms with E-state index < -0.39 is 0 Å². The minimum atomic E-state index is -0.302. The normalized spacial score (nSPS) is 33.3. The number of hydrogen-bond acceptors (Lipinski definition) is 2. The molecular formula is C16H29NO2. The molecule has 0 aromatic carbocycles. The van der Waals surface area contributed by atoms with E-state index in [-0.39, 0.29) is 12.0 Å². The van der Waals surface area contributed by atoms with E-state index in [4.69, 9.17) is 0 Å². The van der Waals surface area contributed by atoms with Crippen molar-refractivity contribution in [2.24, 2.45) is 17.3 Å². The van der Waals surface area contributed by atoms with Gasteiger partial charge in [0, 0.05) is 19.0 Å². The third-order valence-electron chi connectivity index (χ3n) is 5.01. The standard InChI is InChI=1S/C16H29NO2/c1-16(2,3)13-8-6-12(7-9-13)15(19)17-10-4-5-14(18)11-17/h12-14,18H,4-11H2,1-3H3/t12?,13?,14-/m0/s1. The third-order valence-corrected chi connectivity index (χ3v) is 5.01. The Morgan fingerprint density at radius 2 is 1.74 bits per heavy atom. The SMILES string of the molecule is CC(C)(C)C1CCC(C(=O)N2CCC[C@H](O)C2)CC1. The number of rotatable bonds is 1. The number of amides is 1. The third kappa shape index (κ3) is 3.71. The molecule has 19 heavy (non-hydrogen) atoms. The van der Waals surface area contributed by atoms with Crippen LogP contribution in [-0.2, 0) is 4.79 Å². The van der Waals surface area contributed by atoms with E-state index >= 15 is 0 Å². The minimum Gasteiger partial charge on any atom is -0.391 e. The maximum Gasteiger partial charge on any atom is 0.225 e. The maximum absolute atomic E-state index is 12.5. The van der Waals surface area contributed by atoms with Crippen LogP contribution in [0.15, 0.2) is 0 Å². The average molecular weight is 267 g/mol. The fourth-order valence-electron chi connectivity index (χ4n) is 3.62. The predicted octanol–water partition coefficient (Wildman–Crippen LogP) is 2.82. The fraction of sp³-hybridized carbons (Fsp3) is 0.938. The van der Waals surface area contributed by atoms with Crippen molar-refractivity contribution >= 4 is 5.91 Å². The summed E-state index contributed by atoms with van der Waals surface area (Å²) in [6, 6.07) is 0. The first-order valence-corrected chi connectivity index (χ1v) is 7.85. The molecule has 1 atom stereocenters. The highest BCUT2D eigenvalue weighted by Gasteiger charge is 2.34. The molecule has 0 aromatic rings. The molecule has 110 valence electrons. The van der Waals surface area contributed by atoms with Gasteiger partial charge < -0.3 is 10.0 Å². The van der Waals surface area contributed by atoms with Crippen LogP contribution in [0.5, 0.6) is 0 Å². The molecule has 2 fully saturated rings. The Bertz CT molecular complexity index is 313. The number of carbonyl (C=O) groups is 1. The van der Waals surface area contributed by atoms with Gasteiger partial charge in [-0.15, -0.1) is 0 Å². The summed E-state index contributed by atoms with van der Waals surface area (Å²) in [5.41, 5.74) is 0.370. The number of nitrogens with zero attached hydrogens (tertiary/aromatic N) is 1. The Morgan fingerprint density at radius 3 is 2.26 bits per heavy atom. The first kappa shape index (κ1) is 14.8. The Hall–Kier alpha value is -0.570. The zero-order chi connectivity index (χ0) is 14.0. The molecule has 0 bridgehead atoms. The van der Waals surface area contributed by atoms with Gasteiger partial charge in [0.25, 0.3) is 0 Å². The molecule has 0 radical (unpaired) electrons. The van der Waals surface area contributed by atoms with Gasteiger partial charge in [0.05, 0.1) is 6.10 Å². The molecule has 1 amide bonds. The monoisotopic (exact) mass is 267 g/mol. The molecule has 1 heterocycles. The van der Waals surface area contributed by atoms with Gasteiger partial charge in [-0.1, -0.05) is 20.8 Å². The lowest BCUT2D eigenvalue weighted by Gasteiger charge is -2.39. The van der Waals surface area contributed by atoms with Gasteiger partial charge in [0.2, 0.25) is 5.91 Å². The summed E-state index contributed by atoms with van der Waals surface area (Å²) in [7, 11) is 0. The summed E-state index contributed by atoms with van der Waals surface area (Å²) in [4.78, 5) is 14.4. The fourth-order valence-corrected chi connectivity index (χ4v) is 3.62. The van der Waals surface area contributed by atoms with Gasteiger partial charge in [-0.2, -0.15) is 0 Å². The van der Waals surface area contributed by atoms with Crippen LogP contribution in [-0.4, -0.2) is 35.1 Å². The Morgan fingerprint density at radius 1 is 1.11 bits per heavy atom. The first-order chi connectivity index (χ1) is 8.88. The van der Waals surface area contributed by atoms with Crippen LogP contribution in [0.1, 0.15) is 59.3 Å². The highest BCUT2D eigenvalue weighted by atomic mass is 16.3. The second kappa shape index (κ2) is 5.82. The lowest BCUT2D eigenvalue weighted by atomic mass is 9.69. The van der Waals surface area contributed by atoms with Crippen LogP contribution in [0.25, 0.3) is 0 Å². The van der Waals surface area contributed by atoms with E-state index in [1.54, 1.807) is 0 Å². The molecule has 0 spiro atoms. The molecule has 1 saturated heterocycles. The largest absolute Gasteiger partial charge is 0.391 e. The summed E-state index contributed by atoms with van der Waals surface area (Å²) in [5, 5.41) is 9.68. The molecule has 1 aliphatic heterocycles.